The second kappa shape index (κ2) is 8.95. The van der Waals surface area contributed by atoms with E-state index < -0.39 is 10.0 Å². The average molecular weight is 440 g/mol. The Kier molecular flexibility index (Phi) is 6.11. The minimum atomic E-state index is -3.58. The van der Waals surface area contributed by atoms with Crippen molar-refractivity contribution in [3.05, 3.63) is 66.7 Å². The summed E-state index contributed by atoms with van der Waals surface area (Å²) in [5, 5.41) is 2.22. The van der Waals surface area contributed by atoms with Crippen molar-refractivity contribution in [3.8, 4) is 5.75 Å². The van der Waals surface area contributed by atoms with Crippen molar-refractivity contribution in [2.45, 2.75) is 11.3 Å². The van der Waals surface area contributed by atoms with Gasteiger partial charge in [0.2, 0.25) is 15.9 Å². The lowest BCUT2D eigenvalue weighted by Crippen LogP contribution is -2.50. The van der Waals surface area contributed by atoms with Crippen LogP contribution in [-0.2, 0) is 14.8 Å². The van der Waals surface area contributed by atoms with E-state index in [1.54, 1.807) is 17.0 Å². The molecule has 2 N–H and O–H groups in total. The molecule has 0 spiro atoms. The minimum Gasteiger partial charge on any atom is -0.493 e. The van der Waals surface area contributed by atoms with Gasteiger partial charge in [0.05, 0.1) is 17.9 Å². The number of anilines is 1. The summed E-state index contributed by atoms with van der Waals surface area (Å²) in [7, 11) is -3.58. The summed E-state index contributed by atoms with van der Waals surface area (Å²) in [4.78, 5) is 14.4. The van der Waals surface area contributed by atoms with Crippen molar-refractivity contribution in [1.82, 2.24) is 9.21 Å². The van der Waals surface area contributed by atoms with Gasteiger partial charge in [-0.25, -0.2) is 8.42 Å². The van der Waals surface area contributed by atoms with Crippen LogP contribution >= 0.6 is 0 Å². The normalized spacial score (nSPS) is 15.2. The largest absolute Gasteiger partial charge is 0.493 e. The number of nitrogens with two attached hydrogens (primary N) is 1. The third-order valence-corrected chi connectivity index (χ3v) is 7.33. The maximum Gasteiger partial charge on any atom is 0.243 e. The SMILES string of the molecule is Nc1ccc(S(=O)(=O)N2CCN(C(=O)CCOc3ccc4ccccc4c3)CC2)cc1. The minimum absolute atomic E-state index is 0.0367. The molecular weight excluding hydrogens is 414 g/mol. The fourth-order valence-corrected chi connectivity index (χ4v) is 5.06. The molecule has 31 heavy (non-hydrogen) atoms. The number of ether oxygens (including phenoxy) is 1. The standard InChI is InChI=1S/C23H25N3O4S/c24-20-6-9-22(10-7-20)31(28,29)26-14-12-25(13-15-26)23(27)11-16-30-21-8-5-18-3-1-2-4-19(18)17-21/h1-10,17H,11-16,24H2. The van der Waals surface area contributed by atoms with E-state index in [-0.39, 0.29) is 36.9 Å². The van der Waals surface area contributed by atoms with E-state index >= 15 is 0 Å². The number of hydrogen-bond donors (Lipinski definition) is 1. The summed E-state index contributed by atoms with van der Waals surface area (Å²) in [5.74, 6) is 0.691. The predicted octanol–water partition coefficient (Wildman–Crippen LogP) is 2.72. The molecule has 1 aliphatic rings. The first-order valence-electron chi connectivity index (χ1n) is 10.2. The van der Waals surface area contributed by atoms with Crippen LogP contribution in [0.2, 0.25) is 0 Å². The molecule has 4 rings (SSSR count). The molecule has 1 amide bonds. The first-order valence-corrected chi connectivity index (χ1v) is 11.6. The van der Waals surface area contributed by atoms with E-state index in [0.29, 0.717) is 18.8 Å². The number of fused-ring (bicyclic) bond motifs is 1. The highest BCUT2D eigenvalue weighted by Crippen LogP contribution is 2.21. The van der Waals surface area contributed by atoms with Gasteiger partial charge in [-0.3, -0.25) is 4.79 Å². The van der Waals surface area contributed by atoms with Gasteiger partial charge in [-0.2, -0.15) is 4.31 Å². The zero-order valence-corrected chi connectivity index (χ0v) is 17.9. The monoisotopic (exact) mass is 439 g/mol. The first kappa shape index (κ1) is 21.1. The van der Waals surface area contributed by atoms with Crippen LogP contribution in [0, 0.1) is 0 Å². The van der Waals surface area contributed by atoms with Crippen molar-refractivity contribution in [2.24, 2.45) is 0 Å². The van der Waals surface area contributed by atoms with Crippen LogP contribution in [0.4, 0.5) is 5.69 Å². The van der Waals surface area contributed by atoms with Gasteiger partial charge in [-0.05, 0) is 47.2 Å². The summed E-state index contributed by atoms with van der Waals surface area (Å²) in [6.45, 7) is 1.54. The molecule has 0 aromatic heterocycles. The first-order chi connectivity index (χ1) is 14.9. The molecule has 7 nitrogen and oxygen atoms in total. The van der Waals surface area contributed by atoms with Crippen molar-refractivity contribution >= 4 is 32.4 Å². The summed E-state index contributed by atoms with van der Waals surface area (Å²) in [6.07, 6.45) is 0.248. The van der Waals surface area contributed by atoms with Gasteiger partial charge in [0, 0.05) is 31.9 Å². The summed E-state index contributed by atoms with van der Waals surface area (Å²) in [6, 6.07) is 20.0. The Hall–Kier alpha value is -3.10. The van der Waals surface area contributed by atoms with Crippen molar-refractivity contribution in [1.29, 1.82) is 0 Å². The van der Waals surface area contributed by atoms with Crippen LogP contribution in [0.15, 0.2) is 71.6 Å². The van der Waals surface area contributed by atoms with Crippen molar-refractivity contribution < 1.29 is 17.9 Å². The maximum absolute atomic E-state index is 12.8. The lowest BCUT2D eigenvalue weighted by Gasteiger charge is -2.34. The molecule has 0 atom stereocenters. The Morgan fingerprint density at radius 3 is 2.29 bits per heavy atom. The number of benzene rings is 3. The highest BCUT2D eigenvalue weighted by atomic mass is 32.2. The number of hydrogen-bond acceptors (Lipinski definition) is 5. The number of amides is 1. The smallest absolute Gasteiger partial charge is 0.243 e. The molecule has 0 saturated carbocycles. The number of carbonyl (C=O) groups excluding carboxylic acids is 1. The van der Waals surface area contributed by atoms with Gasteiger partial charge < -0.3 is 15.4 Å². The lowest BCUT2D eigenvalue weighted by atomic mass is 10.1. The lowest BCUT2D eigenvalue weighted by molar-refractivity contribution is -0.132. The van der Waals surface area contributed by atoms with E-state index in [1.165, 1.54) is 16.4 Å². The third kappa shape index (κ3) is 4.81. The third-order valence-electron chi connectivity index (χ3n) is 5.41. The van der Waals surface area contributed by atoms with Crippen molar-refractivity contribution in [3.63, 3.8) is 0 Å². The molecule has 1 fully saturated rings. The number of nitrogens with zero attached hydrogens (tertiary/aromatic N) is 2. The van der Waals surface area contributed by atoms with Crippen LogP contribution in [0.5, 0.6) is 5.75 Å². The maximum atomic E-state index is 12.8. The quantitative estimate of drug-likeness (QED) is 0.596. The summed E-state index contributed by atoms with van der Waals surface area (Å²) >= 11 is 0. The molecule has 3 aromatic carbocycles. The molecule has 1 saturated heterocycles. The molecule has 1 aliphatic heterocycles. The summed E-state index contributed by atoms with van der Waals surface area (Å²) in [5.41, 5.74) is 6.15. The molecule has 0 radical (unpaired) electrons. The number of sulfonamides is 1. The Morgan fingerprint density at radius 1 is 0.903 bits per heavy atom. The molecular formula is C23H25N3O4S. The van der Waals surface area contributed by atoms with E-state index in [2.05, 4.69) is 0 Å². The highest BCUT2D eigenvalue weighted by Gasteiger charge is 2.29. The van der Waals surface area contributed by atoms with E-state index in [1.807, 2.05) is 42.5 Å². The molecule has 3 aromatic rings. The van der Waals surface area contributed by atoms with E-state index in [9.17, 15) is 13.2 Å². The average Bonchev–Trinajstić information content (AvgIpc) is 2.79. The van der Waals surface area contributed by atoms with E-state index in [0.717, 1.165) is 16.5 Å². The van der Waals surface area contributed by atoms with Gasteiger partial charge in [0.15, 0.2) is 0 Å². The molecule has 0 unspecified atom stereocenters. The van der Waals surface area contributed by atoms with Gasteiger partial charge >= 0.3 is 0 Å². The fourth-order valence-electron chi connectivity index (χ4n) is 3.64. The number of piperazine rings is 1. The zero-order chi connectivity index (χ0) is 21.8. The Morgan fingerprint density at radius 2 is 1.58 bits per heavy atom. The zero-order valence-electron chi connectivity index (χ0n) is 17.1. The number of rotatable bonds is 6. The molecule has 162 valence electrons. The highest BCUT2D eigenvalue weighted by molar-refractivity contribution is 7.89. The van der Waals surface area contributed by atoms with Crippen LogP contribution in [0.3, 0.4) is 0 Å². The van der Waals surface area contributed by atoms with Crippen LogP contribution in [0.25, 0.3) is 10.8 Å². The van der Waals surface area contributed by atoms with E-state index in [4.69, 9.17) is 10.5 Å². The van der Waals surface area contributed by atoms with Gasteiger partial charge in [-0.15, -0.1) is 0 Å². The van der Waals surface area contributed by atoms with Crippen LogP contribution in [-0.4, -0.2) is 56.3 Å². The second-order valence-corrected chi connectivity index (χ2v) is 9.40. The number of carbonyl (C=O) groups is 1. The molecule has 0 bridgehead atoms. The molecule has 0 aliphatic carbocycles. The molecule has 8 heteroatoms. The molecule has 1 heterocycles. The Balaban J connectivity index is 1.27. The number of nitrogen functional groups attached to an aromatic ring is 1. The Labute approximate surface area is 182 Å². The fraction of sp³-hybridized carbons (Fsp3) is 0.261. The second-order valence-electron chi connectivity index (χ2n) is 7.46. The van der Waals surface area contributed by atoms with Gasteiger partial charge in [-0.1, -0.05) is 30.3 Å². The predicted molar refractivity (Wildman–Crippen MR) is 120 cm³/mol. The van der Waals surface area contributed by atoms with Gasteiger partial charge in [0.25, 0.3) is 0 Å². The van der Waals surface area contributed by atoms with Crippen LogP contribution in [0.1, 0.15) is 6.42 Å². The van der Waals surface area contributed by atoms with Gasteiger partial charge in [0.1, 0.15) is 5.75 Å². The summed E-state index contributed by atoms with van der Waals surface area (Å²) < 4.78 is 32.7. The Bertz CT molecular complexity index is 1170. The van der Waals surface area contributed by atoms with Crippen LogP contribution < -0.4 is 10.5 Å². The van der Waals surface area contributed by atoms with Crippen molar-refractivity contribution in [2.75, 3.05) is 38.5 Å². The topological polar surface area (TPSA) is 92.9 Å².